The van der Waals surface area contributed by atoms with Crippen LogP contribution in [0, 0.1) is 17.1 Å². The number of halogens is 1. The number of likely N-dealkylation sites (N-methyl/N-ethyl adjacent to an activating group) is 1. The highest BCUT2D eigenvalue weighted by atomic mass is 19.1. The number of benzene rings is 2. The molecule has 0 saturated carbocycles. The van der Waals surface area contributed by atoms with Gasteiger partial charge in [-0.3, -0.25) is 9.69 Å². The smallest absolute Gasteiger partial charge is 0.261 e. The SMILES string of the molecule is CN1C(=O)C2(CC3(CCCOC3)Oc3ccc(-c4cc(C#N)ccc4F)cc32)N=C1N. The summed E-state index contributed by atoms with van der Waals surface area (Å²) in [5.74, 6) is -0.0620. The normalized spacial score (nSPS) is 27.1. The summed E-state index contributed by atoms with van der Waals surface area (Å²) < 4.78 is 26.7. The van der Waals surface area contributed by atoms with Crippen LogP contribution in [0.15, 0.2) is 41.4 Å². The van der Waals surface area contributed by atoms with Crippen LogP contribution >= 0.6 is 0 Å². The minimum Gasteiger partial charge on any atom is -0.484 e. The molecule has 3 aliphatic heterocycles. The van der Waals surface area contributed by atoms with Crippen LogP contribution in [-0.2, 0) is 15.1 Å². The van der Waals surface area contributed by atoms with Crippen LogP contribution in [0.2, 0.25) is 0 Å². The molecule has 8 heteroatoms. The maximum Gasteiger partial charge on any atom is 0.261 e. The molecule has 1 fully saturated rings. The Labute approximate surface area is 178 Å². The standard InChI is InChI=1S/C23H21FN4O3/c1-28-20(29)23(27-21(28)26)12-22(7-2-8-30-13-22)31-19-6-4-15(10-17(19)23)16-9-14(11-25)3-5-18(16)24/h3-6,9-10H,2,7-8,12-13H2,1H3,(H2,26,27). The summed E-state index contributed by atoms with van der Waals surface area (Å²) in [6, 6.07) is 11.4. The number of nitriles is 1. The summed E-state index contributed by atoms with van der Waals surface area (Å²) in [7, 11) is 1.59. The van der Waals surface area contributed by atoms with Gasteiger partial charge in [0.1, 0.15) is 17.2 Å². The number of rotatable bonds is 1. The second-order valence-corrected chi connectivity index (χ2v) is 8.33. The van der Waals surface area contributed by atoms with Gasteiger partial charge >= 0.3 is 0 Å². The van der Waals surface area contributed by atoms with Crippen molar-refractivity contribution in [2.45, 2.75) is 30.4 Å². The highest BCUT2D eigenvalue weighted by Crippen LogP contribution is 2.51. The number of fused-ring (bicyclic) bond motifs is 2. The Hall–Kier alpha value is -3.44. The van der Waals surface area contributed by atoms with E-state index in [-0.39, 0.29) is 17.4 Å². The lowest BCUT2D eigenvalue weighted by molar-refractivity contribution is -0.139. The number of nitrogens with two attached hydrogens (primary N) is 1. The third-order valence-electron chi connectivity index (χ3n) is 6.33. The third kappa shape index (κ3) is 2.88. The van der Waals surface area contributed by atoms with Crippen LogP contribution in [-0.4, -0.2) is 42.6 Å². The fraction of sp³-hybridized carbons (Fsp3) is 0.348. The van der Waals surface area contributed by atoms with Gasteiger partial charge in [0.2, 0.25) is 0 Å². The van der Waals surface area contributed by atoms with Gasteiger partial charge in [-0.15, -0.1) is 0 Å². The lowest BCUT2D eigenvalue weighted by Gasteiger charge is -2.46. The first kappa shape index (κ1) is 19.5. The van der Waals surface area contributed by atoms with Crippen molar-refractivity contribution in [1.29, 1.82) is 5.26 Å². The highest BCUT2D eigenvalue weighted by molar-refractivity contribution is 6.07. The maximum absolute atomic E-state index is 14.6. The van der Waals surface area contributed by atoms with E-state index >= 15 is 0 Å². The van der Waals surface area contributed by atoms with Crippen molar-refractivity contribution in [3.8, 4) is 22.9 Å². The molecule has 0 aromatic heterocycles. The van der Waals surface area contributed by atoms with E-state index in [1.807, 2.05) is 6.07 Å². The predicted octanol–water partition coefficient (Wildman–Crippen LogP) is 2.68. The van der Waals surface area contributed by atoms with Crippen molar-refractivity contribution < 1.29 is 18.7 Å². The fourth-order valence-corrected chi connectivity index (χ4v) is 4.79. The van der Waals surface area contributed by atoms with Crippen LogP contribution in [0.25, 0.3) is 11.1 Å². The topological polar surface area (TPSA) is 101 Å². The highest BCUT2D eigenvalue weighted by Gasteiger charge is 2.58. The van der Waals surface area contributed by atoms with Gasteiger partial charge in [-0.2, -0.15) is 5.26 Å². The third-order valence-corrected chi connectivity index (χ3v) is 6.33. The number of amides is 1. The van der Waals surface area contributed by atoms with E-state index in [4.69, 9.17) is 15.2 Å². The molecule has 2 atom stereocenters. The average molecular weight is 420 g/mol. The van der Waals surface area contributed by atoms with Gasteiger partial charge in [0.25, 0.3) is 5.91 Å². The molecule has 2 N–H and O–H groups in total. The van der Waals surface area contributed by atoms with Crippen molar-refractivity contribution in [3.63, 3.8) is 0 Å². The zero-order valence-corrected chi connectivity index (χ0v) is 17.0. The van der Waals surface area contributed by atoms with Gasteiger partial charge in [-0.1, -0.05) is 6.07 Å². The van der Waals surface area contributed by atoms with Crippen LogP contribution in [0.5, 0.6) is 5.75 Å². The van der Waals surface area contributed by atoms with Crippen LogP contribution in [0.3, 0.4) is 0 Å². The molecule has 5 rings (SSSR count). The Morgan fingerprint density at radius 2 is 2.13 bits per heavy atom. The van der Waals surface area contributed by atoms with Crippen LogP contribution in [0.4, 0.5) is 4.39 Å². The number of nitrogens with zero attached hydrogens (tertiary/aromatic N) is 3. The lowest BCUT2D eigenvalue weighted by Crippen LogP contribution is -2.55. The Kier molecular flexibility index (Phi) is 4.27. The molecule has 3 heterocycles. The second-order valence-electron chi connectivity index (χ2n) is 8.33. The molecule has 7 nitrogen and oxygen atoms in total. The van der Waals surface area contributed by atoms with Crippen molar-refractivity contribution in [2.75, 3.05) is 20.3 Å². The van der Waals surface area contributed by atoms with E-state index in [9.17, 15) is 14.4 Å². The zero-order chi connectivity index (χ0) is 21.8. The molecule has 158 valence electrons. The Morgan fingerprint density at radius 3 is 2.81 bits per heavy atom. The molecule has 31 heavy (non-hydrogen) atoms. The van der Waals surface area contributed by atoms with Gasteiger partial charge in [-0.25, -0.2) is 9.38 Å². The maximum atomic E-state index is 14.6. The van der Waals surface area contributed by atoms with Crippen molar-refractivity contribution in [2.24, 2.45) is 10.7 Å². The van der Waals surface area contributed by atoms with Crippen molar-refractivity contribution in [3.05, 3.63) is 53.3 Å². The van der Waals surface area contributed by atoms with E-state index < -0.39 is 17.0 Å². The van der Waals surface area contributed by atoms with E-state index in [0.29, 0.717) is 42.1 Å². The Balaban J connectivity index is 1.70. The first-order chi connectivity index (χ1) is 14.9. The number of aliphatic imine (C=N–C) groups is 1. The van der Waals surface area contributed by atoms with E-state index in [0.717, 1.165) is 12.8 Å². The monoisotopic (exact) mass is 420 g/mol. The molecular formula is C23H21FN4O3. The molecule has 3 aliphatic rings. The number of carbonyl (C=O) groups is 1. The molecule has 2 aromatic rings. The minimum atomic E-state index is -1.26. The Morgan fingerprint density at radius 1 is 1.29 bits per heavy atom. The minimum absolute atomic E-state index is 0.132. The summed E-state index contributed by atoms with van der Waals surface area (Å²) in [5.41, 5.74) is 5.80. The molecular weight excluding hydrogens is 399 g/mol. The molecule has 2 unspecified atom stereocenters. The van der Waals surface area contributed by atoms with Crippen molar-refractivity contribution >= 4 is 11.9 Å². The quantitative estimate of drug-likeness (QED) is 0.764. The van der Waals surface area contributed by atoms with Gasteiger partial charge < -0.3 is 15.2 Å². The summed E-state index contributed by atoms with van der Waals surface area (Å²) in [4.78, 5) is 19.4. The summed E-state index contributed by atoms with van der Waals surface area (Å²) >= 11 is 0. The number of ether oxygens (including phenoxy) is 2. The summed E-state index contributed by atoms with van der Waals surface area (Å²) in [6.45, 7) is 1.01. The van der Waals surface area contributed by atoms with E-state index in [1.165, 1.54) is 23.1 Å². The van der Waals surface area contributed by atoms with Crippen LogP contribution in [0.1, 0.15) is 30.4 Å². The number of hydrogen-bond acceptors (Lipinski definition) is 6. The molecule has 0 aliphatic carbocycles. The molecule has 1 saturated heterocycles. The number of guanidine groups is 1. The van der Waals surface area contributed by atoms with E-state index in [1.54, 1.807) is 25.2 Å². The van der Waals surface area contributed by atoms with Gasteiger partial charge in [-0.05, 0) is 48.7 Å². The Bertz CT molecular complexity index is 1170. The number of hydrogen-bond donors (Lipinski definition) is 1. The van der Waals surface area contributed by atoms with Crippen molar-refractivity contribution in [1.82, 2.24) is 4.90 Å². The number of carbonyl (C=O) groups excluding carboxylic acids is 1. The molecule has 0 radical (unpaired) electrons. The largest absolute Gasteiger partial charge is 0.484 e. The fourth-order valence-electron chi connectivity index (χ4n) is 4.79. The lowest BCUT2D eigenvalue weighted by atomic mass is 9.74. The summed E-state index contributed by atoms with van der Waals surface area (Å²) in [6.07, 6.45) is 1.85. The first-order valence-corrected chi connectivity index (χ1v) is 10.1. The molecule has 1 amide bonds. The molecule has 0 bridgehead atoms. The molecule has 2 spiro atoms. The zero-order valence-electron chi connectivity index (χ0n) is 17.0. The predicted molar refractivity (Wildman–Crippen MR) is 111 cm³/mol. The van der Waals surface area contributed by atoms with E-state index in [2.05, 4.69) is 4.99 Å². The molecule has 2 aromatic carbocycles. The first-order valence-electron chi connectivity index (χ1n) is 10.1. The van der Waals surface area contributed by atoms with Gasteiger partial charge in [0, 0.05) is 31.2 Å². The van der Waals surface area contributed by atoms with Gasteiger partial charge in [0.05, 0.1) is 18.2 Å². The van der Waals surface area contributed by atoms with Gasteiger partial charge in [0.15, 0.2) is 11.5 Å². The van der Waals surface area contributed by atoms with Crippen LogP contribution < -0.4 is 10.5 Å². The second kappa shape index (κ2) is 6.79. The average Bonchev–Trinajstić information content (AvgIpc) is 2.98. The summed E-state index contributed by atoms with van der Waals surface area (Å²) in [5, 5.41) is 9.21.